The van der Waals surface area contributed by atoms with Gasteiger partial charge in [-0.1, -0.05) is 18.2 Å². The van der Waals surface area contributed by atoms with Gasteiger partial charge >= 0.3 is 18.1 Å². The molecule has 0 radical (unpaired) electrons. The van der Waals surface area contributed by atoms with E-state index in [1.54, 1.807) is 4.90 Å². The van der Waals surface area contributed by atoms with Gasteiger partial charge in [0.1, 0.15) is 11.6 Å². The number of benzene rings is 2. The Morgan fingerprint density at radius 2 is 1.79 bits per heavy atom. The summed E-state index contributed by atoms with van der Waals surface area (Å²) >= 11 is 0. The van der Waals surface area contributed by atoms with Crippen LogP contribution in [-0.4, -0.2) is 60.0 Å². The Balaban J connectivity index is 1.32. The predicted octanol–water partition coefficient (Wildman–Crippen LogP) is 3.38. The van der Waals surface area contributed by atoms with Crippen molar-refractivity contribution in [2.24, 2.45) is 10.7 Å². The first-order valence-corrected chi connectivity index (χ1v) is 12.3. The summed E-state index contributed by atoms with van der Waals surface area (Å²) in [6, 6.07) is 12.7. The van der Waals surface area contributed by atoms with E-state index in [-0.39, 0.29) is 30.1 Å². The molecule has 2 unspecified atom stereocenters. The molecule has 2 aliphatic rings. The van der Waals surface area contributed by atoms with Gasteiger partial charge in [0.15, 0.2) is 6.10 Å². The minimum Gasteiger partial charge on any atom is -0.480 e. The maximum Gasteiger partial charge on any atom is 0.473 e. The summed E-state index contributed by atoms with van der Waals surface area (Å²) in [5, 5.41) is 5.68. The molecule has 2 aromatic carbocycles. The number of aliphatic imine (C=N–C) groups is 1. The quantitative estimate of drug-likeness (QED) is 0.403. The summed E-state index contributed by atoms with van der Waals surface area (Å²) in [6.07, 6.45) is -1.91. The molecular weight excluding hydrogens is 503 g/mol. The third-order valence-corrected chi connectivity index (χ3v) is 6.51. The molecule has 12 heteroatoms. The molecule has 2 atom stereocenters. The predicted molar refractivity (Wildman–Crippen MR) is 134 cm³/mol. The number of carbonyl (C=O) groups excluding carboxylic acids is 3. The van der Waals surface area contributed by atoms with E-state index in [1.165, 1.54) is 24.3 Å². The Labute approximate surface area is 217 Å². The van der Waals surface area contributed by atoms with Gasteiger partial charge in [0.05, 0.1) is 6.04 Å². The van der Waals surface area contributed by atoms with E-state index < -0.39 is 24.0 Å². The second-order valence-corrected chi connectivity index (χ2v) is 9.15. The van der Waals surface area contributed by atoms with Gasteiger partial charge in [-0.25, -0.2) is 4.79 Å². The number of likely N-dealkylation sites (tertiary alicyclic amines) is 1. The number of alkyl halides is 3. The van der Waals surface area contributed by atoms with Crippen molar-refractivity contribution in [1.29, 1.82) is 0 Å². The highest BCUT2D eigenvalue weighted by atomic mass is 19.4. The van der Waals surface area contributed by atoms with Crippen molar-refractivity contribution in [1.82, 2.24) is 10.2 Å². The number of aryl methyl sites for hydroxylation is 1. The summed E-state index contributed by atoms with van der Waals surface area (Å²) < 4.78 is 43.0. The Bertz CT molecular complexity index is 1220. The lowest BCUT2D eigenvalue weighted by Gasteiger charge is -2.36. The number of hydrogen-bond donors (Lipinski definition) is 3. The fraction of sp³-hybridized carbons (Fsp3) is 0.385. The zero-order chi connectivity index (χ0) is 27.3. The van der Waals surface area contributed by atoms with Crippen molar-refractivity contribution in [3.8, 4) is 5.75 Å². The van der Waals surface area contributed by atoms with Crippen molar-refractivity contribution in [2.45, 2.75) is 50.4 Å². The molecule has 0 aliphatic carbocycles. The Hall–Kier alpha value is -4.09. The normalized spacial score (nSPS) is 19.7. The zero-order valence-electron chi connectivity index (χ0n) is 20.5. The average molecular weight is 532 g/mol. The van der Waals surface area contributed by atoms with Gasteiger partial charge in [-0.15, -0.1) is 0 Å². The van der Waals surface area contributed by atoms with E-state index in [2.05, 4.69) is 15.6 Å². The molecule has 0 spiro atoms. The lowest BCUT2D eigenvalue weighted by Crippen LogP contribution is -2.52. The zero-order valence-corrected chi connectivity index (χ0v) is 20.5. The molecule has 1 saturated heterocycles. The van der Waals surface area contributed by atoms with Crippen molar-refractivity contribution in [3.63, 3.8) is 0 Å². The summed E-state index contributed by atoms with van der Waals surface area (Å²) in [7, 11) is 0. The van der Waals surface area contributed by atoms with Gasteiger partial charge in [0.2, 0.25) is 0 Å². The van der Waals surface area contributed by atoms with Gasteiger partial charge in [0.25, 0.3) is 5.91 Å². The molecule has 0 aromatic heterocycles. The summed E-state index contributed by atoms with van der Waals surface area (Å²) in [5.41, 5.74) is 7.07. The van der Waals surface area contributed by atoms with Crippen LogP contribution in [0.1, 0.15) is 36.8 Å². The first-order valence-electron chi connectivity index (χ1n) is 12.3. The van der Waals surface area contributed by atoms with Gasteiger partial charge in [0, 0.05) is 24.3 Å². The monoisotopic (exact) mass is 531 g/mol. The number of nitrogens with one attached hydrogen (secondary N) is 2. The molecular formula is C26H28F3N5O4. The number of nitrogens with two attached hydrogens (primary N) is 1. The van der Waals surface area contributed by atoms with E-state index in [1.807, 2.05) is 24.3 Å². The minimum atomic E-state index is -5.11. The summed E-state index contributed by atoms with van der Waals surface area (Å²) in [6.45, 7) is 0.795. The van der Waals surface area contributed by atoms with E-state index in [9.17, 15) is 27.6 Å². The largest absolute Gasteiger partial charge is 0.480 e. The SMILES string of the molecule is NC(=NC(=O)C(F)(F)F)c1ccc(NC(=O)N2CCCCC2CNC(=O)C2CCc3ccccc3O2)cc1. The number of fused-ring (bicyclic) bond motifs is 1. The van der Waals surface area contributed by atoms with Crippen LogP contribution in [0.3, 0.4) is 0 Å². The van der Waals surface area contributed by atoms with Crippen LogP contribution in [0.15, 0.2) is 53.5 Å². The second-order valence-electron chi connectivity index (χ2n) is 9.15. The smallest absolute Gasteiger partial charge is 0.473 e. The number of hydrogen-bond acceptors (Lipinski definition) is 4. The number of halogens is 3. The van der Waals surface area contributed by atoms with Crippen molar-refractivity contribution in [3.05, 3.63) is 59.7 Å². The second kappa shape index (κ2) is 11.5. The van der Waals surface area contributed by atoms with Crippen molar-refractivity contribution in [2.75, 3.05) is 18.4 Å². The number of ether oxygens (including phenoxy) is 1. The molecule has 38 heavy (non-hydrogen) atoms. The van der Waals surface area contributed by atoms with E-state index in [0.29, 0.717) is 24.4 Å². The van der Waals surface area contributed by atoms with Crippen LogP contribution in [0.4, 0.5) is 23.7 Å². The standard InChI is InChI=1S/C26H28F3N5O4/c27-26(28,29)24(36)33-22(30)17-8-11-18(12-9-17)32-25(37)34-14-4-3-6-19(34)15-31-23(35)21-13-10-16-5-1-2-7-20(16)38-21/h1-2,5,7-9,11-12,19,21H,3-4,6,10,13-15H2,(H,31,35)(H,32,37)(H2,30,33,36). The third kappa shape index (κ3) is 6.61. The highest BCUT2D eigenvalue weighted by molar-refractivity contribution is 6.05. The van der Waals surface area contributed by atoms with Gasteiger partial charge in [-0.2, -0.15) is 18.2 Å². The highest BCUT2D eigenvalue weighted by Gasteiger charge is 2.39. The van der Waals surface area contributed by atoms with Crippen LogP contribution < -0.4 is 21.1 Å². The molecule has 4 rings (SSSR count). The number of carbonyl (C=O) groups is 3. The lowest BCUT2D eigenvalue weighted by molar-refractivity contribution is -0.169. The van der Waals surface area contributed by atoms with Crippen molar-refractivity contribution < 1.29 is 32.3 Å². The lowest BCUT2D eigenvalue weighted by atomic mass is 10.0. The van der Waals surface area contributed by atoms with Gasteiger partial charge < -0.3 is 26.0 Å². The molecule has 0 saturated carbocycles. The minimum absolute atomic E-state index is 0.103. The number of nitrogens with zero attached hydrogens (tertiary/aromatic N) is 2. The van der Waals surface area contributed by atoms with Crippen molar-refractivity contribution >= 4 is 29.4 Å². The van der Waals surface area contributed by atoms with Gasteiger partial charge in [-0.3, -0.25) is 9.59 Å². The molecule has 4 amide bonds. The molecule has 2 aromatic rings. The Kier molecular flexibility index (Phi) is 8.18. The average Bonchev–Trinajstić information content (AvgIpc) is 2.91. The summed E-state index contributed by atoms with van der Waals surface area (Å²) in [4.78, 5) is 41.3. The molecule has 2 aliphatic heterocycles. The van der Waals surface area contributed by atoms with Gasteiger partial charge in [-0.05, 0) is 68.0 Å². The van der Waals surface area contributed by atoms with Crippen LogP contribution in [0.5, 0.6) is 5.75 Å². The number of amidine groups is 1. The molecule has 2 heterocycles. The number of para-hydroxylation sites is 1. The number of anilines is 1. The maximum absolute atomic E-state index is 13.0. The number of piperidine rings is 1. The number of urea groups is 1. The van der Waals surface area contributed by atoms with Crippen LogP contribution >= 0.6 is 0 Å². The van der Waals surface area contributed by atoms with Crippen LogP contribution in [0.25, 0.3) is 0 Å². The Morgan fingerprint density at radius 3 is 2.53 bits per heavy atom. The molecule has 9 nitrogen and oxygen atoms in total. The molecule has 1 fully saturated rings. The topological polar surface area (TPSA) is 126 Å². The van der Waals surface area contributed by atoms with Crippen LogP contribution in [0.2, 0.25) is 0 Å². The molecule has 4 N–H and O–H groups in total. The third-order valence-electron chi connectivity index (χ3n) is 6.51. The van der Waals surface area contributed by atoms with E-state index in [4.69, 9.17) is 10.5 Å². The first-order chi connectivity index (χ1) is 18.1. The van der Waals surface area contributed by atoms with Crippen LogP contribution in [0, 0.1) is 0 Å². The molecule has 0 bridgehead atoms. The summed E-state index contributed by atoms with van der Waals surface area (Å²) in [5.74, 6) is -2.38. The van der Waals surface area contributed by atoms with E-state index in [0.717, 1.165) is 31.2 Å². The maximum atomic E-state index is 13.0. The fourth-order valence-corrected chi connectivity index (χ4v) is 4.48. The highest BCUT2D eigenvalue weighted by Crippen LogP contribution is 2.27. The van der Waals surface area contributed by atoms with Crippen LogP contribution in [-0.2, 0) is 16.0 Å². The Morgan fingerprint density at radius 1 is 1.05 bits per heavy atom. The number of rotatable bonds is 5. The number of amides is 4. The molecule has 202 valence electrons. The van der Waals surface area contributed by atoms with E-state index >= 15 is 0 Å². The first kappa shape index (κ1) is 27.0. The fourth-order valence-electron chi connectivity index (χ4n) is 4.48.